The Morgan fingerprint density at radius 2 is 2.10 bits per heavy atom. The molecule has 1 aromatic heterocycles. The lowest BCUT2D eigenvalue weighted by molar-refractivity contribution is -0.120. The second-order valence-corrected chi connectivity index (χ2v) is 4.97. The summed E-state index contributed by atoms with van der Waals surface area (Å²) in [5, 5.41) is 6.03. The van der Waals surface area contributed by atoms with Crippen LogP contribution in [-0.2, 0) is 17.8 Å². The fourth-order valence-corrected chi connectivity index (χ4v) is 2.09. The monoisotopic (exact) mass is 314 g/mol. The number of hydrogen-bond acceptors (Lipinski definition) is 3. The molecule has 7 heteroatoms. The third kappa shape index (κ3) is 3.39. The van der Waals surface area contributed by atoms with Gasteiger partial charge in [0.05, 0.1) is 17.1 Å². The van der Waals surface area contributed by atoms with Gasteiger partial charge in [-0.05, 0) is 25.5 Å². The van der Waals surface area contributed by atoms with E-state index in [1.165, 1.54) is 6.07 Å². The fraction of sp³-hybridized carbons (Fsp3) is 0.286. The molecule has 0 saturated heterocycles. The Hall–Kier alpha value is -1.95. The molecule has 0 saturated carbocycles. The number of amides is 1. The zero-order chi connectivity index (χ0) is 15.6. The van der Waals surface area contributed by atoms with Crippen molar-refractivity contribution in [1.29, 1.82) is 0 Å². The number of aromatic nitrogens is 1. The van der Waals surface area contributed by atoms with Crippen molar-refractivity contribution < 1.29 is 18.1 Å². The summed E-state index contributed by atoms with van der Waals surface area (Å²) in [6.07, 6.45) is 0.0997. The van der Waals surface area contributed by atoms with Crippen LogP contribution < -0.4 is 5.32 Å². The van der Waals surface area contributed by atoms with Crippen molar-refractivity contribution >= 4 is 17.5 Å². The van der Waals surface area contributed by atoms with Crippen molar-refractivity contribution in [3.05, 3.63) is 51.4 Å². The minimum absolute atomic E-state index is 0.0121. The molecule has 0 spiro atoms. The van der Waals surface area contributed by atoms with E-state index in [-0.39, 0.29) is 23.9 Å². The Labute approximate surface area is 125 Å². The topological polar surface area (TPSA) is 55.1 Å². The first-order valence-corrected chi connectivity index (χ1v) is 6.58. The van der Waals surface area contributed by atoms with Gasteiger partial charge in [-0.2, -0.15) is 0 Å². The molecular formula is C14H13ClF2N2O2. The van der Waals surface area contributed by atoms with Crippen molar-refractivity contribution in [2.45, 2.75) is 26.8 Å². The first-order chi connectivity index (χ1) is 9.90. The molecule has 1 N–H and O–H groups in total. The van der Waals surface area contributed by atoms with Crippen LogP contribution in [0.1, 0.15) is 22.6 Å². The highest BCUT2D eigenvalue weighted by Gasteiger charge is 2.15. The maximum absolute atomic E-state index is 13.3. The summed E-state index contributed by atoms with van der Waals surface area (Å²) in [4.78, 5) is 11.9. The lowest BCUT2D eigenvalue weighted by Gasteiger charge is -2.08. The number of rotatable bonds is 4. The third-order valence-electron chi connectivity index (χ3n) is 3.11. The first-order valence-electron chi connectivity index (χ1n) is 6.21. The van der Waals surface area contributed by atoms with Crippen LogP contribution in [-0.4, -0.2) is 11.1 Å². The van der Waals surface area contributed by atoms with Gasteiger partial charge in [0.1, 0.15) is 5.76 Å². The minimum atomic E-state index is -1.12. The molecule has 4 nitrogen and oxygen atoms in total. The highest BCUT2D eigenvalue weighted by molar-refractivity contribution is 6.31. The summed E-state index contributed by atoms with van der Waals surface area (Å²) >= 11 is 5.68. The van der Waals surface area contributed by atoms with Gasteiger partial charge in [-0.1, -0.05) is 22.8 Å². The molecule has 2 aromatic rings. The predicted octanol–water partition coefficient (Wildman–Crippen LogP) is 3.08. The van der Waals surface area contributed by atoms with Gasteiger partial charge in [0.15, 0.2) is 11.6 Å². The molecule has 21 heavy (non-hydrogen) atoms. The zero-order valence-corrected chi connectivity index (χ0v) is 12.2. The van der Waals surface area contributed by atoms with E-state index in [0.29, 0.717) is 22.6 Å². The van der Waals surface area contributed by atoms with Crippen molar-refractivity contribution in [3.63, 3.8) is 0 Å². The van der Waals surface area contributed by atoms with Crippen molar-refractivity contribution in [2.75, 3.05) is 0 Å². The van der Waals surface area contributed by atoms with Gasteiger partial charge in [-0.25, -0.2) is 8.78 Å². The Balaban J connectivity index is 2.01. The number of nitrogens with zero attached hydrogens (tertiary/aromatic N) is 1. The lowest BCUT2D eigenvalue weighted by atomic mass is 10.1. The second kappa shape index (κ2) is 6.22. The Morgan fingerprint density at radius 1 is 1.38 bits per heavy atom. The van der Waals surface area contributed by atoms with E-state index in [9.17, 15) is 13.6 Å². The normalized spacial score (nSPS) is 10.7. The minimum Gasteiger partial charge on any atom is -0.361 e. The smallest absolute Gasteiger partial charge is 0.224 e. The highest BCUT2D eigenvalue weighted by atomic mass is 35.5. The lowest BCUT2D eigenvalue weighted by Crippen LogP contribution is -2.25. The van der Waals surface area contributed by atoms with E-state index in [0.717, 1.165) is 6.07 Å². The standard InChI is InChI=1S/C14H13ClF2N2O2/c1-7-10(8(2)21-19-7)5-12(20)18-6-9-3-4-11(16)14(17)13(9)15/h3-4H,5-6H2,1-2H3,(H,18,20). The number of carbonyl (C=O) groups is 1. The zero-order valence-electron chi connectivity index (χ0n) is 11.5. The molecule has 0 unspecified atom stereocenters. The molecule has 0 aliphatic heterocycles. The van der Waals surface area contributed by atoms with E-state index in [1.807, 2.05) is 0 Å². The number of benzene rings is 1. The summed E-state index contributed by atoms with van der Waals surface area (Å²) in [7, 11) is 0. The van der Waals surface area contributed by atoms with Crippen LogP contribution in [0.25, 0.3) is 0 Å². The van der Waals surface area contributed by atoms with E-state index in [2.05, 4.69) is 10.5 Å². The molecule has 2 rings (SSSR count). The van der Waals surface area contributed by atoms with E-state index in [4.69, 9.17) is 16.1 Å². The number of aryl methyl sites for hydroxylation is 2. The van der Waals surface area contributed by atoms with Crippen molar-refractivity contribution in [3.8, 4) is 0 Å². The summed E-state index contributed by atoms with van der Waals surface area (Å²) in [6, 6.07) is 2.30. The predicted molar refractivity (Wildman–Crippen MR) is 72.9 cm³/mol. The molecule has 0 aliphatic rings. The molecule has 0 atom stereocenters. The molecule has 1 amide bonds. The molecule has 112 valence electrons. The van der Waals surface area contributed by atoms with Gasteiger partial charge >= 0.3 is 0 Å². The molecule has 0 aliphatic carbocycles. The van der Waals surface area contributed by atoms with Crippen molar-refractivity contribution in [1.82, 2.24) is 10.5 Å². The summed E-state index contributed by atoms with van der Waals surface area (Å²) in [5.74, 6) is -1.85. The molecule has 0 fully saturated rings. The SMILES string of the molecule is Cc1noc(C)c1CC(=O)NCc1ccc(F)c(F)c1Cl. The molecular weight excluding hydrogens is 302 g/mol. The van der Waals surface area contributed by atoms with Gasteiger partial charge in [0.2, 0.25) is 5.91 Å². The van der Waals surface area contributed by atoms with Gasteiger partial charge in [0.25, 0.3) is 0 Å². The van der Waals surface area contributed by atoms with Crippen LogP contribution in [0.2, 0.25) is 5.02 Å². The van der Waals surface area contributed by atoms with Gasteiger partial charge < -0.3 is 9.84 Å². The van der Waals surface area contributed by atoms with Crippen LogP contribution in [0.5, 0.6) is 0 Å². The van der Waals surface area contributed by atoms with Gasteiger partial charge in [-0.3, -0.25) is 4.79 Å². The fourth-order valence-electron chi connectivity index (χ4n) is 1.87. The number of halogens is 3. The Kier molecular flexibility index (Phi) is 4.57. The maximum Gasteiger partial charge on any atom is 0.224 e. The van der Waals surface area contributed by atoms with Gasteiger partial charge in [0, 0.05) is 12.1 Å². The molecule has 0 bridgehead atoms. The number of hydrogen-bond donors (Lipinski definition) is 1. The highest BCUT2D eigenvalue weighted by Crippen LogP contribution is 2.22. The summed E-state index contributed by atoms with van der Waals surface area (Å²) in [5.41, 5.74) is 1.67. The van der Waals surface area contributed by atoms with Crippen LogP contribution in [0, 0.1) is 25.5 Å². The van der Waals surface area contributed by atoms with E-state index >= 15 is 0 Å². The van der Waals surface area contributed by atoms with Crippen LogP contribution >= 0.6 is 11.6 Å². The van der Waals surface area contributed by atoms with E-state index in [1.54, 1.807) is 13.8 Å². The molecule has 1 aromatic carbocycles. The summed E-state index contributed by atoms with van der Waals surface area (Å²) < 4.78 is 31.2. The Morgan fingerprint density at radius 3 is 2.71 bits per heavy atom. The van der Waals surface area contributed by atoms with E-state index < -0.39 is 11.6 Å². The maximum atomic E-state index is 13.3. The molecule has 1 heterocycles. The largest absolute Gasteiger partial charge is 0.361 e. The second-order valence-electron chi connectivity index (χ2n) is 4.59. The van der Waals surface area contributed by atoms with Crippen LogP contribution in [0.15, 0.2) is 16.7 Å². The number of nitrogens with one attached hydrogen (secondary N) is 1. The van der Waals surface area contributed by atoms with Crippen LogP contribution in [0.4, 0.5) is 8.78 Å². The van der Waals surface area contributed by atoms with Crippen LogP contribution in [0.3, 0.4) is 0 Å². The van der Waals surface area contributed by atoms with Crippen molar-refractivity contribution in [2.24, 2.45) is 0 Å². The van der Waals surface area contributed by atoms with Gasteiger partial charge in [-0.15, -0.1) is 0 Å². The summed E-state index contributed by atoms with van der Waals surface area (Å²) in [6.45, 7) is 3.47. The average Bonchev–Trinajstić information content (AvgIpc) is 2.76. The number of carbonyl (C=O) groups excluding carboxylic acids is 1. The quantitative estimate of drug-likeness (QED) is 0.882. The third-order valence-corrected chi connectivity index (χ3v) is 3.52. The Bertz CT molecular complexity index is 666. The first kappa shape index (κ1) is 15.4. The molecule has 0 radical (unpaired) electrons. The average molecular weight is 315 g/mol.